The maximum absolute atomic E-state index is 13.4. The van der Waals surface area contributed by atoms with Crippen molar-refractivity contribution in [3.8, 4) is 5.75 Å². The van der Waals surface area contributed by atoms with E-state index >= 15 is 0 Å². The normalized spacial score (nSPS) is 15.5. The van der Waals surface area contributed by atoms with Crippen molar-refractivity contribution in [2.75, 3.05) is 25.6 Å². The number of benzene rings is 2. The van der Waals surface area contributed by atoms with Gasteiger partial charge in [-0.1, -0.05) is 44.2 Å². The van der Waals surface area contributed by atoms with Crippen molar-refractivity contribution >= 4 is 32.9 Å². The number of aromatic nitrogens is 2. The Morgan fingerprint density at radius 1 is 1.21 bits per heavy atom. The summed E-state index contributed by atoms with van der Waals surface area (Å²) in [6, 6.07) is 16.8. The second kappa shape index (κ2) is 12.7. The summed E-state index contributed by atoms with van der Waals surface area (Å²) < 4.78 is 39.9. The molecule has 4 rings (SSSR count). The number of thiocarbonyl (C=S) groups is 1. The van der Waals surface area contributed by atoms with E-state index in [-0.39, 0.29) is 22.9 Å². The van der Waals surface area contributed by atoms with Crippen LogP contribution in [0.3, 0.4) is 0 Å². The fraction of sp³-hybridized carbons (Fsp3) is 0.429. The lowest BCUT2D eigenvalue weighted by molar-refractivity contribution is 0.0900. The Bertz CT molecular complexity index is 1300. The molecule has 1 saturated heterocycles. The zero-order chi connectivity index (χ0) is 27.1. The van der Waals surface area contributed by atoms with E-state index in [0.717, 1.165) is 42.1 Å². The molecule has 1 aliphatic heterocycles. The smallest absolute Gasteiger partial charge is 0.228 e. The van der Waals surface area contributed by atoms with Crippen molar-refractivity contribution in [2.24, 2.45) is 5.92 Å². The Morgan fingerprint density at radius 3 is 2.58 bits per heavy atom. The molecule has 2 heterocycles. The third-order valence-electron chi connectivity index (χ3n) is 6.36. The Labute approximate surface area is 230 Å². The number of imidazole rings is 1. The SMILES string of the molecule is COc1ccc(NC(=S)N(Cc2cnc(S(=O)(=O)Cc3ccccc3)n2CC(C)C)C[C@H]2CCCO2)cc1. The molecule has 1 aliphatic rings. The minimum Gasteiger partial charge on any atom is -0.497 e. The molecule has 0 bridgehead atoms. The zero-order valence-electron chi connectivity index (χ0n) is 22.2. The lowest BCUT2D eigenvalue weighted by Crippen LogP contribution is -2.40. The molecule has 0 saturated carbocycles. The van der Waals surface area contributed by atoms with Gasteiger partial charge in [-0.3, -0.25) is 0 Å². The first-order chi connectivity index (χ1) is 18.2. The molecular weight excluding hydrogens is 520 g/mol. The van der Waals surface area contributed by atoms with Gasteiger partial charge in [-0.25, -0.2) is 13.4 Å². The van der Waals surface area contributed by atoms with Gasteiger partial charge in [-0.15, -0.1) is 0 Å². The summed E-state index contributed by atoms with van der Waals surface area (Å²) >= 11 is 5.83. The number of rotatable bonds is 11. The molecule has 0 unspecified atom stereocenters. The fourth-order valence-electron chi connectivity index (χ4n) is 4.51. The van der Waals surface area contributed by atoms with Crippen LogP contribution in [0.4, 0.5) is 5.69 Å². The molecule has 2 aromatic carbocycles. The predicted molar refractivity (Wildman–Crippen MR) is 153 cm³/mol. The van der Waals surface area contributed by atoms with E-state index in [2.05, 4.69) is 24.1 Å². The minimum absolute atomic E-state index is 0.0633. The highest BCUT2D eigenvalue weighted by molar-refractivity contribution is 7.90. The molecule has 0 spiro atoms. The molecule has 1 aromatic heterocycles. The summed E-state index contributed by atoms with van der Waals surface area (Å²) in [5.74, 6) is 0.892. The third kappa shape index (κ3) is 7.33. The second-order valence-electron chi connectivity index (χ2n) is 9.96. The first kappa shape index (κ1) is 28.1. The Kier molecular flexibility index (Phi) is 9.40. The van der Waals surface area contributed by atoms with Crippen LogP contribution < -0.4 is 10.1 Å². The van der Waals surface area contributed by atoms with E-state index in [1.54, 1.807) is 13.3 Å². The van der Waals surface area contributed by atoms with E-state index in [0.29, 0.717) is 24.7 Å². The largest absolute Gasteiger partial charge is 0.497 e. The van der Waals surface area contributed by atoms with Crippen LogP contribution in [0, 0.1) is 5.92 Å². The molecule has 8 nitrogen and oxygen atoms in total. The van der Waals surface area contributed by atoms with E-state index in [1.807, 2.05) is 64.1 Å². The summed E-state index contributed by atoms with van der Waals surface area (Å²) in [6.45, 7) is 6.41. The van der Waals surface area contributed by atoms with E-state index in [4.69, 9.17) is 21.7 Å². The van der Waals surface area contributed by atoms with Crippen molar-refractivity contribution in [2.45, 2.75) is 56.8 Å². The Balaban J connectivity index is 1.60. The van der Waals surface area contributed by atoms with Gasteiger partial charge in [0.15, 0.2) is 5.11 Å². The molecule has 0 aliphatic carbocycles. The number of methoxy groups -OCH3 is 1. The Morgan fingerprint density at radius 2 is 1.95 bits per heavy atom. The van der Waals surface area contributed by atoms with Gasteiger partial charge in [0.2, 0.25) is 15.0 Å². The molecule has 0 radical (unpaired) electrons. The number of hydrogen-bond acceptors (Lipinski definition) is 6. The summed E-state index contributed by atoms with van der Waals surface area (Å²) in [6.07, 6.45) is 3.71. The highest BCUT2D eigenvalue weighted by Gasteiger charge is 2.27. The molecule has 10 heteroatoms. The molecule has 1 atom stereocenters. The quantitative estimate of drug-likeness (QED) is 0.334. The van der Waals surface area contributed by atoms with Crippen LogP contribution in [0.25, 0.3) is 0 Å². The van der Waals surface area contributed by atoms with Gasteiger partial charge < -0.3 is 24.3 Å². The number of sulfone groups is 1. The first-order valence-electron chi connectivity index (χ1n) is 12.9. The lowest BCUT2D eigenvalue weighted by atomic mass is 10.2. The van der Waals surface area contributed by atoms with Crippen molar-refractivity contribution in [3.63, 3.8) is 0 Å². The van der Waals surface area contributed by atoms with Crippen LogP contribution in [-0.4, -0.2) is 54.3 Å². The topological polar surface area (TPSA) is 85.7 Å². The van der Waals surface area contributed by atoms with Crippen molar-refractivity contribution in [1.29, 1.82) is 0 Å². The van der Waals surface area contributed by atoms with Crippen molar-refractivity contribution < 1.29 is 17.9 Å². The summed E-state index contributed by atoms with van der Waals surface area (Å²) in [7, 11) is -2.02. The van der Waals surface area contributed by atoms with Crippen LogP contribution in [0.5, 0.6) is 5.75 Å². The van der Waals surface area contributed by atoms with Crippen LogP contribution in [0.1, 0.15) is 37.9 Å². The van der Waals surface area contributed by atoms with Crippen molar-refractivity contribution in [1.82, 2.24) is 14.5 Å². The highest BCUT2D eigenvalue weighted by Crippen LogP contribution is 2.23. The maximum Gasteiger partial charge on any atom is 0.228 e. The molecular formula is C28H36N4O4S2. The van der Waals surface area contributed by atoms with Gasteiger partial charge in [0, 0.05) is 25.4 Å². The van der Waals surface area contributed by atoms with Gasteiger partial charge in [0.25, 0.3) is 0 Å². The fourth-order valence-corrected chi connectivity index (χ4v) is 6.27. The van der Waals surface area contributed by atoms with E-state index in [1.165, 1.54) is 0 Å². The molecule has 38 heavy (non-hydrogen) atoms. The molecule has 204 valence electrons. The third-order valence-corrected chi connectivity index (χ3v) is 8.31. The average Bonchev–Trinajstić information content (AvgIpc) is 3.54. The van der Waals surface area contributed by atoms with Gasteiger partial charge in [-0.2, -0.15) is 0 Å². The standard InChI is InChI=1S/C28H36N4O4S2/c1-21(2)17-32-24(16-29-28(32)38(33,34)20-22-8-5-4-6-9-22)18-31(19-26-10-7-15-36-26)27(37)30-23-11-13-25(35-3)14-12-23/h4-6,8-9,11-14,16,21,26H,7,10,15,17-20H2,1-3H3,(H,30,37)/t26-/m1/s1. The number of anilines is 1. The number of nitrogens with zero attached hydrogens (tertiary/aromatic N) is 3. The summed E-state index contributed by atoms with van der Waals surface area (Å²) in [5, 5.41) is 3.95. The van der Waals surface area contributed by atoms with Crippen LogP contribution in [-0.2, 0) is 33.4 Å². The maximum atomic E-state index is 13.4. The molecule has 1 fully saturated rings. The van der Waals surface area contributed by atoms with Gasteiger partial charge in [-0.05, 0) is 60.8 Å². The van der Waals surface area contributed by atoms with Gasteiger partial charge >= 0.3 is 0 Å². The van der Waals surface area contributed by atoms with Crippen LogP contribution >= 0.6 is 12.2 Å². The molecule has 3 aromatic rings. The number of ether oxygens (including phenoxy) is 2. The van der Waals surface area contributed by atoms with Crippen LogP contribution in [0.2, 0.25) is 0 Å². The summed E-state index contributed by atoms with van der Waals surface area (Å²) in [5.41, 5.74) is 2.37. The van der Waals surface area contributed by atoms with E-state index < -0.39 is 9.84 Å². The van der Waals surface area contributed by atoms with Gasteiger partial charge in [0.1, 0.15) is 5.75 Å². The monoisotopic (exact) mass is 556 g/mol. The first-order valence-corrected chi connectivity index (χ1v) is 14.9. The second-order valence-corrected chi connectivity index (χ2v) is 12.2. The summed E-state index contributed by atoms with van der Waals surface area (Å²) in [4.78, 5) is 6.46. The number of hydrogen-bond donors (Lipinski definition) is 1. The molecule has 1 N–H and O–H groups in total. The van der Waals surface area contributed by atoms with Crippen LogP contribution in [0.15, 0.2) is 66.0 Å². The zero-order valence-corrected chi connectivity index (χ0v) is 23.8. The Hall–Kier alpha value is -2.95. The highest BCUT2D eigenvalue weighted by atomic mass is 32.2. The van der Waals surface area contributed by atoms with Crippen molar-refractivity contribution in [3.05, 3.63) is 72.1 Å². The minimum atomic E-state index is -3.65. The molecule has 0 amide bonds. The predicted octanol–water partition coefficient (Wildman–Crippen LogP) is 4.90. The number of nitrogens with one attached hydrogen (secondary N) is 1. The lowest BCUT2D eigenvalue weighted by Gasteiger charge is -2.29. The van der Waals surface area contributed by atoms with Gasteiger partial charge in [0.05, 0.1) is 37.4 Å². The van der Waals surface area contributed by atoms with E-state index in [9.17, 15) is 8.42 Å². The average molecular weight is 557 g/mol.